The van der Waals surface area contributed by atoms with Crippen LogP contribution in [0, 0.1) is 0 Å². The van der Waals surface area contributed by atoms with Gasteiger partial charge in [-0.1, -0.05) is 54.6 Å². The van der Waals surface area contributed by atoms with E-state index in [1.165, 1.54) is 0 Å². The number of ether oxygens (including phenoxy) is 3. The molecule has 6 aromatic rings. The zero-order valence-electron chi connectivity index (χ0n) is 27.4. The van der Waals surface area contributed by atoms with Crippen molar-refractivity contribution < 1.29 is 23.8 Å². The number of rotatable bonds is 8. The number of nitrogens with one attached hydrogen (secondary N) is 1. The number of para-hydroxylation sites is 2. The number of carbonyl (C=O) groups is 2. The molecule has 2 aliphatic rings. The van der Waals surface area contributed by atoms with E-state index in [-0.39, 0.29) is 18.6 Å². The second-order valence-corrected chi connectivity index (χ2v) is 12.1. The lowest BCUT2D eigenvalue weighted by atomic mass is 10.1. The van der Waals surface area contributed by atoms with E-state index in [4.69, 9.17) is 24.3 Å². The zero-order chi connectivity index (χ0) is 34.0. The number of anilines is 1. The molecule has 0 unspecified atom stereocenters. The number of methoxy groups -OCH3 is 1. The Balaban J connectivity index is 1.00. The minimum atomic E-state index is -0.194. The largest absolute Gasteiger partial charge is 0.497 e. The molecule has 4 aromatic carbocycles. The fraction of sp³-hybridized carbons (Fsp3) is 0.179. The van der Waals surface area contributed by atoms with Crippen molar-refractivity contribution in [1.29, 1.82) is 0 Å². The van der Waals surface area contributed by atoms with Crippen molar-refractivity contribution in [3.05, 3.63) is 126 Å². The SMILES string of the molecule is COc1ccc(-c2cc(C(=O)N3CCN(C(=O)c4ccccc4NCc4cccc5c4OCO5)CC3)nc3cc(-c4ccccc4)nn23)cc1. The minimum absolute atomic E-state index is 0.0906. The van der Waals surface area contributed by atoms with Gasteiger partial charge in [0.05, 0.1) is 24.1 Å². The van der Waals surface area contributed by atoms with Crippen molar-refractivity contribution in [3.63, 3.8) is 0 Å². The zero-order valence-corrected chi connectivity index (χ0v) is 27.4. The van der Waals surface area contributed by atoms with Crippen LogP contribution in [0.4, 0.5) is 5.69 Å². The lowest BCUT2D eigenvalue weighted by molar-refractivity contribution is 0.0533. The van der Waals surface area contributed by atoms with Gasteiger partial charge in [0.25, 0.3) is 11.8 Å². The molecule has 0 radical (unpaired) electrons. The molecule has 11 heteroatoms. The molecular weight excluding hydrogens is 632 g/mol. The Kier molecular flexibility index (Phi) is 8.21. The van der Waals surface area contributed by atoms with E-state index in [1.54, 1.807) is 27.5 Å². The summed E-state index contributed by atoms with van der Waals surface area (Å²) in [5.74, 6) is 1.89. The third-order valence-electron chi connectivity index (χ3n) is 9.06. The van der Waals surface area contributed by atoms with Gasteiger partial charge in [-0.25, -0.2) is 9.50 Å². The van der Waals surface area contributed by atoms with Crippen molar-refractivity contribution in [2.45, 2.75) is 6.54 Å². The van der Waals surface area contributed by atoms with Crippen LogP contribution in [-0.2, 0) is 6.54 Å². The van der Waals surface area contributed by atoms with Crippen LogP contribution >= 0.6 is 0 Å². The molecule has 0 bridgehead atoms. The van der Waals surface area contributed by atoms with E-state index in [9.17, 15) is 9.59 Å². The molecule has 11 nitrogen and oxygen atoms in total. The number of nitrogens with zero attached hydrogens (tertiary/aromatic N) is 5. The van der Waals surface area contributed by atoms with E-state index in [2.05, 4.69) is 5.32 Å². The quantitative estimate of drug-likeness (QED) is 0.210. The second kappa shape index (κ2) is 13.3. The third kappa shape index (κ3) is 5.94. The maximum absolute atomic E-state index is 14.0. The Morgan fingerprint density at radius 2 is 1.52 bits per heavy atom. The first kappa shape index (κ1) is 30.9. The summed E-state index contributed by atoms with van der Waals surface area (Å²) >= 11 is 0. The molecule has 50 heavy (non-hydrogen) atoms. The lowest BCUT2D eigenvalue weighted by Crippen LogP contribution is -2.50. The van der Waals surface area contributed by atoms with Crippen LogP contribution in [0.2, 0.25) is 0 Å². The van der Waals surface area contributed by atoms with Gasteiger partial charge in [0.1, 0.15) is 11.4 Å². The fourth-order valence-corrected chi connectivity index (χ4v) is 6.39. The number of fused-ring (bicyclic) bond motifs is 2. The van der Waals surface area contributed by atoms with Gasteiger partial charge in [-0.2, -0.15) is 5.10 Å². The summed E-state index contributed by atoms with van der Waals surface area (Å²) < 4.78 is 18.3. The molecule has 1 saturated heterocycles. The van der Waals surface area contributed by atoms with E-state index < -0.39 is 0 Å². The highest BCUT2D eigenvalue weighted by Crippen LogP contribution is 2.36. The predicted octanol–water partition coefficient (Wildman–Crippen LogP) is 6.01. The van der Waals surface area contributed by atoms with Crippen molar-refractivity contribution >= 4 is 23.1 Å². The van der Waals surface area contributed by atoms with E-state index in [0.717, 1.165) is 51.0 Å². The Labute approximate surface area is 288 Å². The van der Waals surface area contributed by atoms with E-state index >= 15 is 0 Å². The Hall–Kier alpha value is -6.36. The van der Waals surface area contributed by atoms with Crippen LogP contribution in [0.15, 0.2) is 109 Å². The molecule has 0 spiro atoms. The molecule has 2 aromatic heterocycles. The lowest BCUT2D eigenvalue weighted by Gasteiger charge is -2.35. The van der Waals surface area contributed by atoms with Gasteiger partial charge in [-0.3, -0.25) is 9.59 Å². The molecule has 250 valence electrons. The number of piperazine rings is 1. The van der Waals surface area contributed by atoms with Gasteiger partial charge in [0.2, 0.25) is 6.79 Å². The normalized spacial score (nSPS) is 13.8. The first-order valence-electron chi connectivity index (χ1n) is 16.5. The van der Waals surface area contributed by atoms with Crippen LogP contribution in [0.1, 0.15) is 26.4 Å². The topological polar surface area (TPSA) is 111 Å². The molecule has 8 rings (SSSR count). The summed E-state index contributed by atoms with van der Waals surface area (Å²) in [4.78, 5) is 36.1. The summed E-state index contributed by atoms with van der Waals surface area (Å²) in [6.07, 6.45) is 0. The maximum atomic E-state index is 14.0. The van der Waals surface area contributed by atoms with Gasteiger partial charge in [0.15, 0.2) is 17.1 Å². The Morgan fingerprint density at radius 1 is 0.780 bits per heavy atom. The number of carbonyl (C=O) groups excluding carboxylic acids is 2. The van der Waals surface area contributed by atoms with Crippen LogP contribution in [0.5, 0.6) is 17.2 Å². The molecule has 0 saturated carbocycles. The van der Waals surface area contributed by atoms with Crippen LogP contribution in [-0.4, -0.2) is 76.3 Å². The third-order valence-corrected chi connectivity index (χ3v) is 9.06. The first-order chi connectivity index (χ1) is 24.6. The monoisotopic (exact) mass is 666 g/mol. The number of amides is 2. The van der Waals surface area contributed by atoms with E-state index in [0.29, 0.717) is 49.6 Å². The average Bonchev–Trinajstić information content (AvgIpc) is 3.85. The van der Waals surface area contributed by atoms with Gasteiger partial charge >= 0.3 is 0 Å². The fourth-order valence-electron chi connectivity index (χ4n) is 6.39. The highest BCUT2D eigenvalue weighted by molar-refractivity contribution is 6.00. The summed E-state index contributed by atoms with van der Waals surface area (Å²) in [6, 6.07) is 34.5. The van der Waals surface area contributed by atoms with Crippen LogP contribution in [0.3, 0.4) is 0 Å². The van der Waals surface area contributed by atoms with E-state index in [1.807, 2.05) is 103 Å². The molecule has 1 N–H and O–H groups in total. The smallest absolute Gasteiger partial charge is 0.272 e. The minimum Gasteiger partial charge on any atom is -0.497 e. The maximum Gasteiger partial charge on any atom is 0.272 e. The van der Waals surface area contributed by atoms with Crippen molar-refractivity contribution in [1.82, 2.24) is 24.4 Å². The van der Waals surface area contributed by atoms with Crippen molar-refractivity contribution in [2.75, 3.05) is 45.4 Å². The van der Waals surface area contributed by atoms with Gasteiger partial charge in [-0.05, 0) is 48.5 Å². The predicted molar refractivity (Wildman–Crippen MR) is 189 cm³/mol. The molecule has 2 aliphatic heterocycles. The highest BCUT2D eigenvalue weighted by atomic mass is 16.7. The van der Waals surface area contributed by atoms with Gasteiger partial charge in [-0.15, -0.1) is 0 Å². The van der Waals surface area contributed by atoms with Crippen molar-refractivity contribution in [3.8, 4) is 39.8 Å². The molecule has 0 atom stereocenters. The number of hydrogen-bond acceptors (Lipinski definition) is 8. The summed E-state index contributed by atoms with van der Waals surface area (Å²) in [5.41, 5.74) is 6.46. The average molecular weight is 667 g/mol. The van der Waals surface area contributed by atoms with Gasteiger partial charge in [0, 0.05) is 61.2 Å². The number of hydrogen-bond donors (Lipinski definition) is 1. The molecule has 1 fully saturated rings. The molecule has 2 amide bonds. The number of aromatic nitrogens is 3. The standard InChI is InChI=1S/C39H34N6O5/c1-48-29-16-14-27(15-17-29)34-22-33(41-36-23-32(42-45(34)36)26-8-3-2-4-9-26)39(47)44-20-18-43(19-21-44)38(46)30-11-5-6-12-31(30)40-24-28-10-7-13-35-37(28)50-25-49-35/h2-17,22-23,40H,18-21,24-25H2,1H3. The van der Waals surface area contributed by atoms with Crippen molar-refractivity contribution in [2.24, 2.45) is 0 Å². The van der Waals surface area contributed by atoms with Gasteiger partial charge < -0.3 is 29.3 Å². The van der Waals surface area contributed by atoms with Crippen LogP contribution in [0.25, 0.3) is 28.2 Å². The Bertz CT molecular complexity index is 2190. The number of benzene rings is 4. The highest BCUT2D eigenvalue weighted by Gasteiger charge is 2.28. The summed E-state index contributed by atoms with van der Waals surface area (Å²) in [5, 5.41) is 8.27. The summed E-state index contributed by atoms with van der Waals surface area (Å²) in [6.45, 7) is 2.23. The second-order valence-electron chi connectivity index (χ2n) is 12.1. The Morgan fingerprint density at radius 3 is 2.30 bits per heavy atom. The summed E-state index contributed by atoms with van der Waals surface area (Å²) in [7, 11) is 1.63. The molecular formula is C39H34N6O5. The molecule has 4 heterocycles. The van der Waals surface area contributed by atoms with Crippen LogP contribution < -0.4 is 19.5 Å². The first-order valence-corrected chi connectivity index (χ1v) is 16.5. The molecule has 0 aliphatic carbocycles.